The van der Waals surface area contributed by atoms with Gasteiger partial charge in [-0.3, -0.25) is 9.59 Å². The van der Waals surface area contributed by atoms with Gasteiger partial charge in [0.05, 0.1) is 6.10 Å². The predicted molar refractivity (Wildman–Crippen MR) is 96.6 cm³/mol. The third-order valence-electron chi connectivity index (χ3n) is 10.4. The van der Waals surface area contributed by atoms with Crippen LogP contribution in [0.1, 0.15) is 65.2 Å². The normalized spacial score (nSPS) is 62.0. The van der Waals surface area contributed by atoms with E-state index in [4.69, 9.17) is 9.47 Å². The zero-order chi connectivity index (χ0) is 18.4. The lowest BCUT2D eigenvalue weighted by Gasteiger charge is -2.56. The first-order valence-corrected chi connectivity index (χ1v) is 11.0. The minimum Gasteiger partial charge on any atom is -0.458 e. The molecule has 6 fully saturated rings. The summed E-state index contributed by atoms with van der Waals surface area (Å²) < 4.78 is 12.8. The molecule has 0 aromatic rings. The molecule has 2 heterocycles. The van der Waals surface area contributed by atoms with Crippen molar-refractivity contribution in [3.05, 3.63) is 11.6 Å². The van der Waals surface area contributed by atoms with E-state index in [1.807, 2.05) is 6.08 Å². The first-order valence-electron chi connectivity index (χ1n) is 11.0. The standard InChI is InChI=1S/C23H28O4/c1-20-6-3-12(24)9-16(20)13-10-14(13)19-15-4-7-22(8-5-18(25)27-22)21(15,2)11-17-23(19,20)26-17/h9,13-15,17,19H,3-8,10-11H2,1-2H3/t13-,14?,15+,17-,19+,20+,21+,22-,23-/m1/s1. The zero-order valence-corrected chi connectivity index (χ0v) is 16.3. The molecule has 1 unspecified atom stereocenters. The summed E-state index contributed by atoms with van der Waals surface area (Å²) in [5, 5.41) is 0. The highest BCUT2D eigenvalue weighted by molar-refractivity contribution is 5.92. The molecule has 2 saturated heterocycles. The zero-order valence-electron chi connectivity index (χ0n) is 16.3. The highest BCUT2D eigenvalue weighted by Crippen LogP contribution is 2.82. The molecule has 2 spiro atoms. The molecule has 9 atom stereocenters. The maximum Gasteiger partial charge on any atom is 0.306 e. The largest absolute Gasteiger partial charge is 0.458 e. The van der Waals surface area contributed by atoms with Crippen molar-refractivity contribution in [2.75, 3.05) is 0 Å². The van der Waals surface area contributed by atoms with E-state index in [2.05, 4.69) is 13.8 Å². The summed E-state index contributed by atoms with van der Waals surface area (Å²) in [5.74, 6) is 2.77. The van der Waals surface area contributed by atoms with Crippen LogP contribution in [0.5, 0.6) is 0 Å². The molecule has 0 radical (unpaired) electrons. The number of hydrogen-bond donors (Lipinski definition) is 0. The van der Waals surface area contributed by atoms with E-state index >= 15 is 0 Å². The number of ether oxygens (including phenoxy) is 2. The second-order valence-electron chi connectivity index (χ2n) is 11.1. The summed E-state index contributed by atoms with van der Waals surface area (Å²) >= 11 is 0. The average molecular weight is 368 g/mol. The van der Waals surface area contributed by atoms with Crippen LogP contribution < -0.4 is 0 Å². The number of esters is 1. The summed E-state index contributed by atoms with van der Waals surface area (Å²) in [4.78, 5) is 24.2. The third-order valence-corrected chi connectivity index (χ3v) is 10.4. The molecule has 7 aliphatic rings. The molecular weight excluding hydrogens is 340 g/mol. The Hall–Kier alpha value is -1.16. The summed E-state index contributed by atoms with van der Waals surface area (Å²) in [6.45, 7) is 4.81. The molecule has 4 nitrogen and oxygen atoms in total. The molecule has 0 aromatic heterocycles. The Bertz CT molecular complexity index is 845. The van der Waals surface area contributed by atoms with Gasteiger partial charge in [0.1, 0.15) is 11.2 Å². The van der Waals surface area contributed by atoms with Gasteiger partial charge in [0, 0.05) is 23.7 Å². The van der Waals surface area contributed by atoms with Crippen LogP contribution >= 0.6 is 0 Å². The number of carbonyl (C=O) groups is 2. The third kappa shape index (κ3) is 1.47. The van der Waals surface area contributed by atoms with Crippen LogP contribution in [-0.2, 0) is 19.1 Å². The Kier molecular flexibility index (Phi) is 2.46. The molecule has 2 aliphatic heterocycles. The highest BCUT2D eigenvalue weighted by atomic mass is 16.6. The molecule has 0 N–H and O–H groups in total. The Morgan fingerprint density at radius 1 is 1.11 bits per heavy atom. The fraction of sp³-hybridized carbons (Fsp3) is 0.826. The van der Waals surface area contributed by atoms with Crippen molar-refractivity contribution in [2.24, 2.45) is 34.5 Å². The molecule has 5 aliphatic carbocycles. The van der Waals surface area contributed by atoms with Gasteiger partial charge in [0.2, 0.25) is 0 Å². The number of rotatable bonds is 0. The van der Waals surface area contributed by atoms with Gasteiger partial charge in [-0.25, -0.2) is 0 Å². The lowest BCUT2D eigenvalue weighted by molar-refractivity contribution is -0.164. The first-order chi connectivity index (χ1) is 12.8. The summed E-state index contributed by atoms with van der Waals surface area (Å²) in [7, 11) is 0. The molecule has 7 rings (SSSR count). The number of ketones is 1. The van der Waals surface area contributed by atoms with Crippen molar-refractivity contribution in [1.29, 1.82) is 0 Å². The van der Waals surface area contributed by atoms with Gasteiger partial charge >= 0.3 is 5.97 Å². The van der Waals surface area contributed by atoms with Gasteiger partial charge in [0.25, 0.3) is 0 Å². The SMILES string of the molecule is C[C@]12CCC(=O)C=C1[C@@H]1CC1[C@H]1[C@@H]3CC[C@@]4(CCC(=O)O4)[C@@]3(C)C[C@H]3O[C@]312. The van der Waals surface area contributed by atoms with Crippen LogP contribution in [0.3, 0.4) is 0 Å². The molecule has 0 amide bonds. The van der Waals surface area contributed by atoms with Crippen molar-refractivity contribution >= 4 is 11.8 Å². The van der Waals surface area contributed by atoms with Gasteiger partial charge in [0.15, 0.2) is 5.78 Å². The average Bonchev–Trinajstić information content (AvgIpc) is 3.49. The molecular formula is C23H28O4. The fourth-order valence-electron chi connectivity index (χ4n) is 9.12. The van der Waals surface area contributed by atoms with Gasteiger partial charge in [-0.1, -0.05) is 19.4 Å². The van der Waals surface area contributed by atoms with Crippen LogP contribution in [-0.4, -0.2) is 29.1 Å². The molecule has 27 heavy (non-hydrogen) atoms. The molecule has 0 bridgehead atoms. The van der Waals surface area contributed by atoms with E-state index in [0.717, 1.165) is 25.7 Å². The number of fused-ring (bicyclic) bond motifs is 7. The van der Waals surface area contributed by atoms with Gasteiger partial charge in [-0.05, 0) is 68.3 Å². The van der Waals surface area contributed by atoms with Crippen molar-refractivity contribution in [2.45, 2.75) is 82.5 Å². The monoisotopic (exact) mass is 368 g/mol. The van der Waals surface area contributed by atoms with Crippen molar-refractivity contribution in [1.82, 2.24) is 0 Å². The van der Waals surface area contributed by atoms with Gasteiger partial charge in [-0.2, -0.15) is 0 Å². The van der Waals surface area contributed by atoms with Crippen molar-refractivity contribution in [3.63, 3.8) is 0 Å². The van der Waals surface area contributed by atoms with E-state index in [1.54, 1.807) is 0 Å². The lowest BCUT2D eigenvalue weighted by Crippen LogP contribution is -2.60. The lowest BCUT2D eigenvalue weighted by atomic mass is 9.46. The van der Waals surface area contributed by atoms with E-state index < -0.39 is 0 Å². The summed E-state index contributed by atoms with van der Waals surface area (Å²) in [6.07, 6.45) is 9.85. The molecule has 144 valence electrons. The van der Waals surface area contributed by atoms with Crippen molar-refractivity contribution in [3.8, 4) is 0 Å². The second-order valence-corrected chi connectivity index (χ2v) is 11.1. The molecule has 4 heteroatoms. The maximum atomic E-state index is 12.2. The first kappa shape index (κ1) is 15.7. The Morgan fingerprint density at radius 3 is 2.74 bits per heavy atom. The summed E-state index contributed by atoms with van der Waals surface area (Å²) in [6, 6.07) is 0. The van der Waals surface area contributed by atoms with Gasteiger partial charge in [-0.15, -0.1) is 0 Å². The van der Waals surface area contributed by atoms with Crippen LogP contribution in [0.25, 0.3) is 0 Å². The molecule has 4 saturated carbocycles. The quantitative estimate of drug-likeness (QED) is 0.484. The van der Waals surface area contributed by atoms with Crippen molar-refractivity contribution < 1.29 is 19.1 Å². The van der Waals surface area contributed by atoms with Crippen LogP contribution in [0, 0.1) is 34.5 Å². The maximum absolute atomic E-state index is 12.2. The topological polar surface area (TPSA) is 55.9 Å². The molecule has 0 aromatic carbocycles. The highest BCUT2D eigenvalue weighted by Gasteiger charge is 2.85. The number of carbonyl (C=O) groups excluding carboxylic acids is 2. The second kappa shape index (κ2) is 4.22. The Labute approximate surface area is 160 Å². The summed E-state index contributed by atoms with van der Waals surface area (Å²) in [5.41, 5.74) is 1.24. The van der Waals surface area contributed by atoms with E-state index in [-0.39, 0.29) is 34.1 Å². The van der Waals surface area contributed by atoms with E-state index in [1.165, 1.54) is 18.4 Å². The number of epoxide rings is 1. The number of hydrogen-bond acceptors (Lipinski definition) is 4. The van der Waals surface area contributed by atoms with Crippen LogP contribution in [0.4, 0.5) is 0 Å². The predicted octanol–water partition coefficient (Wildman–Crippen LogP) is 3.58. The Balaban J connectivity index is 1.36. The van der Waals surface area contributed by atoms with Crippen LogP contribution in [0.15, 0.2) is 11.6 Å². The van der Waals surface area contributed by atoms with Crippen LogP contribution in [0.2, 0.25) is 0 Å². The van der Waals surface area contributed by atoms with E-state index in [9.17, 15) is 9.59 Å². The minimum absolute atomic E-state index is 0.00124. The smallest absolute Gasteiger partial charge is 0.306 e. The Morgan fingerprint density at radius 2 is 1.96 bits per heavy atom. The van der Waals surface area contributed by atoms with E-state index in [0.29, 0.717) is 42.3 Å². The minimum atomic E-state index is -0.239. The fourth-order valence-corrected chi connectivity index (χ4v) is 9.12. The van der Waals surface area contributed by atoms with Gasteiger partial charge < -0.3 is 9.47 Å².